The second-order valence-corrected chi connectivity index (χ2v) is 11.3. The van der Waals surface area contributed by atoms with Gasteiger partial charge in [-0.2, -0.15) is 10.4 Å². The minimum atomic E-state index is -1.10. The topological polar surface area (TPSA) is 91.8 Å². The molecule has 1 aliphatic rings. The number of rotatable bonds is 6. The summed E-state index contributed by atoms with van der Waals surface area (Å²) in [6, 6.07) is 11.2. The van der Waals surface area contributed by atoms with Crippen LogP contribution in [0, 0.1) is 11.3 Å². The number of aromatic nitrogens is 4. The number of halogens is 1. The average molecular weight is 569 g/mol. The van der Waals surface area contributed by atoms with Gasteiger partial charge in [0.15, 0.2) is 0 Å². The van der Waals surface area contributed by atoms with E-state index in [2.05, 4.69) is 70.1 Å². The van der Waals surface area contributed by atoms with E-state index in [0.717, 1.165) is 41.7 Å². The molecule has 5 rings (SSSR count). The molecule has 0 radical (unpaired) electrons. The maximum Gasteiger partial charge on any atom is 0.265 e. The van der Waals surface area contributed by atoms with Crippen LogP contribution in [0.2, 0.25) is 0 Å². The molecule has 1 N–H and O–H groups in total. The summed E-state index contributed by atoms with van der Waals surface area (Å²) in [5.74, 6) is -0.214. The minimum absolute atomic E-state index is 0.132. The maximum atomic E-state index is 12.6. The zero-order valence-electron chi connectivity index (χ0n) is 20.9. The molecule has 1 aliphatic heterocycles. The van der Waals surface area contributed by atoms with E-state index in [0.29, 0.717) is 15.5 Å². The van der Waals surface area contributed by atoms with Crippen molar-refractivity contribution in [1.29, 1.82) is 5.26 Å². The zero-order chi connectivity index (χ0) is 25.6. The highest BCUT2D eigenvalue weighted by Crippen LogP contribution is 2.41. The maximum absolute atomic E-state index is 12.6. The smallest absolute Gasteiger partial charge is 0.265 e. The molecule has 0 aliphatic carbocycles. The van der Waals surface area contributed by atoms with Crippen LogP contribution in [0.25, 0.3) is 21.3 Å². The third-order valence-corrected chi connectivity index (χ3v) is 9.09. The lowest BCUT2D eigenvalue weighted by atomic mass is 9.84. The Hall–Kier alpha value is -2.58. The number of benzene rings is 1. The Labute approximate surface area is 222 Å². The molecule has 0 bridgehead atoms. The molecule has 8 nitrogen and oxygen atoms in total. The van der Waals surface area contributed by atoms with Crippen LogP contribution in [-0.2, 0) is 12.7 Å². The van der Waals surface area contributed by atoms with Gasteiger partial charge in [0.05, 0.1) is 31.9 Å². The standard InChI is InChI=1S/C26H30BrN7OS/c1-5-18-12-33(19(6-2)11-29-18)26(14-28,16(3)17-7-8-21-24(9-17)36-15-30-21)34-13-23-22(31-34)10-20(27)25(35)32(23)4/h7-10,13,15-16,18-19,29H,5-6,11-12H2,1-4H3. The van der Waals surface area contributed by atoms with Gasteiger partial charge >= 0.3 is 0 Å². The zero-order valence-corrected chi connectivity index (χ0v) is 23.3. The summed E-state index contributed by atoms with van der Waals surface area (Å²) in [6.07, 6.45) is 3.74. The number of nitriles is 1. The van der Waals surface area contributed by atoms with Crippen LogP contribution in [0.3, 0.4) is 0 Å². The Morgan fingerprint density at radius 2 is 2.11 bits per heavy atom. The number of hydrogen-bond acceptors (Lipinski definition) is 7. The van der Waals surface area contributed by atoms with Crippen LogP contribution < -0.4 is 10.9 Å². The van der Waals surface area contributed by atoms with Gasteiger partial charge in [0, 0.05) is 38.1 Å². The molecule has 0 amide bonds. The lowest BCUT2D eigenvalue weighted by molar-refractivity contribution is -0.0286. The van der Waals surface area contributed by atoms with Crippen molar-refractivity contribution in [2.75, 3.05) is 13.1 Å². The molecule has 4 heterocycles. The van der Waals surface area contributed by atoms with Crippen molar-refractivity contribution < 1.29 is 0 Å². The first-order chi connectivity index (χ1) is 17.3. The van der Waals surface area contributed by atoms with Gasteiger partial charge in [0.25, 0.3) is 5.56 Å². The predicted octanol–water partition coefficient (Wildman–Crippen LogP) is 4.55. The molecule has 3 aromatic heterocycles. The first kappa shape index (κ1) is 25.1. The van der Waals surface area contributed by atoms with E-state index in [-0.39, 0.29) is 23.6 Å². The number of aryl methyl sites for hydroxylation is 1. The number of thiazole rings is 1. The second-order valence-electron chi connectivity index (χ2n) is 9.57. The molecular formula is C26H30BrN7OS. The highest BCUT2D eigenvalue weighted by Gasteiger charge is 2.50. The summed E-state index contributed by atoms with van der Waals surface area (Å²) in [7, 11) is 1.74. The number of pyridine rings is 1. The van der Waals surface area contributed by atoms with Gasteiger partial charge in [-0.3, -0.25) is 9.69 Å². The monoisotopic (exact) mass is 567 g/mol. The first-order valence-electron chi connectivity index (χ1n) is 12.3. The van der Waals surface area contributed by atoms with E-state index < -0.39 is 5.66 Å². The minimum Gasteiger partial charge on any atom is -0.311 e. The molecule has 188 valence electrons. The molecule has 4 unspecified atom stereocenters. The van der Waals surface area contributed by atoms with Gasteiger partial charge in [0.2, 0.25) is 5.66 Å². The number of piperazine rings is 1. The summed E-state index contributed by atoms with van der Waals surface area (Å²) in [5.41, 5.74) is 4.01. The van der Waals surface area contributed by atoms with Gasteiger partial charge in [0.1, 0.15) is 11.6 Å². The summed E-state index contributed by atoms with van der Waals surface area (Å²) in [4.78, 5) is 19.4. The van der Waals surface area contributed by atoms with Crippen molar-refractivity contribution in [3.8, 4) is 6.07 Å². The van der Waals surface area contributed by atoms with E-state index >= 15 is 0 Å². The third kappa shape index (κ3) is 3.89. The Balaban J connectivity index is 1.76. The van der Waals surface area contributed by atoms with Gasteiger partial charge in [-0.25, -0.2) is 9.67 Å². The van der Waals surface area contributed by atoms with Crippen molar-refractivity contribution in [3.05, 3.63) is 56.4 Å². The lowest BCUT2D eigenvalue weighted by Gasteiger charge is -2.50. The van der Waals surface area contributed by atoms with Crippen LogP contribution >= 0.6 is 27.3 Å². The van der Waals surface area contributed by atoms with Crippen LogP contribution in [0.5, 0.6) is 0 Å². The average Bonchev–Trinajstić information content (AvgIpc) is 3.55. The molecule has 1 fully saturated rings. The van der Waals surface area contributed by atoms with Crippen LogP contribution in [0.15, 0.2) is 45.2 Å². The molecule has 0 saturated carbocycles. The highest BCUT2D eigenvalue weighted by atomic mass is 79.9. The van der Waals surface area contributed by atoms with Gasteiger partial charge in [-0.1, -0.05) is 26.8 Å². The van der Waals surface area contributed by atoms with E-state index in [1.807, 2.05) is 22.5 Å². The summed E-state index contributed by atoms with van der Waals surface area (Å²) in [6.45, 7) is 8.00. The number of fused-ring (bicyclic) bond motifs is 2. The molecule has 4 atom stereocenters. The Bertz CT molecular complexity index is 1520. The fourth-order valence-electron chi connectivity index (χ4n) is 5.45. The Morgan fingerprint density at radius 1 is 1.31 bits per heavy atom. The molecule has 1 saturated heterocycles. The van der Waals surface area contributed by atoms with Crippen LogP contribution in [0.4, 0.5) is 0 Å². The SMILES string of the molecule is CCC1CN(C(C#N)(C(C)c2ccc3ncsc3c2)n2cc3c(cc(Br)c(=O)n3C)n2)C(CC)CN1. The predicted molar refractivity (Wildman–Crippen MR) is 147 cm³/mol. The van der Waals surface area contributed by atoms with Crippen molar-refractivity contribution >= 4 is 48.5 Å². The van der Waals surface area contributed by atoms with E-state index in [1.165, 1.54) is 0 Å². The van der Waals surface area contributed by atoms with Gasteiger partial charge in [-0.15, -0.1) is 11.3 Å². The van der Waals surface area contributed by atoms with Gasteiger partial charge < -0.3 is 9.88 Å². The summed E-state index contributed by atoms with van der Waals surface area (Å²) in [5, 5.41) is 19.7. The molecule has 1 aromatic carbocycles. The number of hydrogen-bond donors (Lipinski definition) is 1. The van der Waals surface area contributed by atoms with Crippen molar-refractivity contribution in [2.45, 2.75) is 57.3 Å². The molecular weight excluding hydrogens is 538 g/mol. The van der Waals surface area contributed by atoms with E-state index in [1.54, 1.807) is 29.0 Å². The number of nitrogens with one attached hydrogen (secondary N) is 1. The Morgan fingerprint density at radius 3 is 2.83 bits per heavy atom. The van der Waals surface area contributed by atoms with E-state index in [9.17, 15) is 10.1 Å². The van der Waals surface area contributed by atoms with Crippen LogP contribution in [0.1, 0.15) is 45.1 Å². The van der Waals surface area contributed by atoms with Crippen molar-refractivity contribution in [3.63, 3.8) is 0 Å². The first-order valence-corrected chi connectivity index (χ1v) is 14.0. The van der Waals surface area contributed by atoms with Crippen molar-refractivity contribution in [1.82, 2.24) is 29.5 Å². The largest absolute Gasteiger partial charge is 0.311 e. The quantitative estimate of drug-likeness (QED) is 0.367. The third-order valence-electron chi connectivity index (χ3n) is 7.73. The van der Waals surface area contributed by atoms with Gasteiger partial charge in [-0.05, 0) is 52.5 Å². The fraction of sp³-hybridized carbons (Fsp3) is 0.462. The summed E-state index contributed by atoms with van der Waals surface area (Å²) >= 11 is 4.98. The lowest BCUT2D eigenvalue weighted by Crippen LogP contribution is -2.65. The van der Waals surface area contributed by atoms with Crippen molar-refractivity contribution in [2.24, 2.45) is 7.05 Å². The highest BCUT2D eigenvalue weighted by molar-refractivity contribution is 9.10. The molecule has 36 heavy (non-hydrogen) atoms. The normalized spacial score (nSPS) is 21.4. The molecule has 10 heteroatoms. The Kier molecular flexibility index (Phi) is 6.76. The second kappa shape index (κ2) is 9.71. The number of nitrogens with zero attached hydrogens (tertiary/aromatic N) is 6. The molecule has 0 spiro atoms. The molecule has 4 aromatic rings. The fourth-order valence-corrected chi connectivity index (χ4v) is 6.66. The summed E-state index contributed by atoms with van der Waals surface area (Å²) < 4.78 is 4.95. The van der Waals surface area contributed by atoms with E-state index in [4.69, 9.17) is 5.10 Å². The van der Waals surface area contributed by atoms with Crippen LogP contribution in [-0.4, -0.2) is 49.4 Å².